The van der Waals surface area contributed by atoms with E-state index in [4.69, 9.17) is 22.1 Å². The molecule has 4 rings (SSSR count). The predicted molar refractivity (Wildman–Crippen MR) is 123 cm³/mol. The highest BCUT2D eigenvalue weighted by molar-refractivity contribution is 6.31. The topological polar surface area (TPSA) is 67.5 Å². The maximum atomic E-state index is 6.39. The van der Waals surface area contributed by atoms with Gasteiger partial charge in [0.25, 0.3) is 0 Å². The molecule has 0 radical (unpaired) electrons. The van der Waals surface area contributed by atoms with Crippen LogP contribution in [-0.4, -0.2) is 36.1 Å². The minimum atomic E-state index is 0.360. The van der Waals surface area contributed by atoms with E-state index in [0.29, 0.717) is 28.2 Å². The van der Waals surface area contributed by atoms with Crippen LogP contribution in [0.4, 0.5) is 17.2 Å². The third-order valence-corrected chi connectivity index (χ3v) is 6.09. The maximum absolute atomic E-state index is 6.39. The number of benzene rings is 2. The van der Waals surface area contributed by atoms with E-state index in [1.165, 1.54) is 23.1 Å². The van der Waals surface area contributed by atoms with Crippen LogP contribution in [0.1, 0.15) is 16.7 Å². The molecule has 0 aliphatic carbocycles. The number of nitrogen functional groups attached to an aromatic ring is 1. The Morgan fingerprint density at radius 3 is 2.40 bits per heavy atom. The van der Waals surface area contributed by atoms with E-state index in [9.17, 15) is 0 Å². The molecule has 1 fully saturated rings. The highest BCUT2D eigenvalue weighted by Crippen LogP contribution is 2.33. The maximum Gasteiger partial charge on any atom is 0.248 e. The van der Waals surface area contributed by atoms with Gasteiger partial charge in [0, 0.05) is 36.9 Å². The number of anilines is 3. The quantitative estimate of drug-likeness (QED) is 0.652. The van der Waals surface area contributed by atoms with Crippen molar-refractivity contribution >= 4 is 28.8 Å². The number of aryl methyl sites for hydroxylation is 2. The van der Waals surface area contributed by atoms with E-state index in [1.54, 1.807) is 12.1 Å². The summed E-state index contributed by atoms with van der Waals surface area (Å²) in [7, 11) is 0. The zero-order valence-electron chi connectivity index (χ0n) is 17.5. The molecule has 3 aromatic rings. The Bertz CT molecular complexity index is 1060. The zero-order chi connectivity index (χ0) is 21.3. The molecule has 1 aliphatic rings. The van der Waals surface area contributed by atoms with E-state index in [2.05, 4.69) is 51.8 Å². The van der Waals surface area contributed by atoms with Gasteiger partial charge in [-0.25, -0.2) is 4.98 Å². The van der Waals surface area contributed by atoms with Crippen LogP contribution in [0.5, 0.6) is 11.6 Å². The molecule has 1 aromatic heterocycles. The summed E-state index contributed by atoms with van der Waals surface area (Å²) >= 11 is 6.10. The van der Waals surface area contributed by atoms with Gasteiger partial charge in [0.1, 0.15) is 17.8 Å². The van der Waals surface area contributed by atoms with Crippen molar-refractivity contribution in [1.82, 2.24) is 9.97 Å². The molecule has 0 amide bonds. The van der Waals surface area contributed by atoms with Crippen LogP contribution < -0.4 is 20.3 Å². The second-order valence-corrected chi connectivity index (χ2v) is 8.03. The minimum absolute atomic E-state index is 0.360. The molecule has 0 spiro atoms. The number of halogens is 1. The molecule has 0 atom stereocenters. The van der Waals surface area contributed by atoms with Crippen LogP contribution in [0.3, 0.4) is 0 Å². The lowest BCUT2D eigenvalue weighted by atomic mass is 10.1. The number of piperazine rings is 1. The lowest BCUT2D eigenvalue weighted by Crippen LogP contribution is -2.47. The summed E-state index contributed by atoms with van der Waals surface area (Å²) in [6.07, 6.45) is 1.50. The molecule has 0 saturated carbocycles. The summed E-state index contributed by atoms with van der Waals surface area (Å²) in [5, 5.41) is 0.695. The Labute approximate surface area is 182 Å². The van der Waals surface area contributed by atoms with E-state index < -0.39 is 0 Å². The summed E-state index contributed by atoms with van der Waals surface area (Å²) in [4.78, 5) is 13.3. The first-order chi connectivity index (χ1) is 14.4. The normalized spacial score (nSPS) is 14.1. The van der Waals surface area contributed by atoms with Crippen LogP contribution in [0.2, 0.25) is 5.02 Å². The first kappa shape index (κ1) is 20.3. The van der Waals surface area contributed by atoms with Crippen molar-refractivity contribution in [3.8, 4) is 11.6 Å². The lowest BCUT2D eigenvalue weighted by Gasteiger charge is -2.38. The number of hydrogen-bond donors (Lipinski definition) is 1. The van der Waals surface area contributed by atoms with Crippen LogP contribution >= 0.6 is 11.6 Å². The molecule has 6 nitrogen and oxygen atoms in total. The van der Waals surface area contributed by atoms with E-state index >= 15 is 0 Å². The summed E-state index contributed by atoms with van der Waals surface area (Å²) < 4.78 is 5.92. The van der Waals surface area contributed by atoms with Crippen LogP contribution in [0.25, 0.3) is 0 Å². The lowest BCUT2D eigenvalue weighted by molar-refractivity contribution is 0.463. The Morgan fingerprint density at radius 1 is 0.933 bits per heavy atom. The molecular weight excluding hydrogens is 398 g/mol. The Kier molecular flexibility index (Phi) is 5.68. The fourth-order valence-electron chi connectivity index (χ4n) is 3.73. The van der Waals surface area contributed by atoms with Crippen molar-refractivity contribution in [2.24, 2.45) is 0 Å². The molecule has 0 unspecified atom stereocenters. The van der Waals surface area contributed by atoms with Crippen molar-refractivity contribution < 1.29 is 4.74 Å². The molecule has 1 aliphatic heterocycles. The predicted octanol–water partition coefficient (Wildman–Crippen LogP) is 4.76. The van der Waals surface area contributed by atoms with Gasteiger partial charge in [-0.2, -0.15) is 4.98 Å². The number of ether oxygens (including phenoxy) is 1. The number of nitrogens with two attached hydrogens (primary N) is 1. The molecule has 156 valence electrons. The van der Waals surface area contributed by atoms with Gasteiger partial charge >= 0.3 is 0 Å². The van der Waals surface area contributed by atoms with Crippen molar-refractivity contribution in [3.63, 3.8) is 0 Å². The van der Waals surface area contributed by atoms with Crippen molar-refractivity contribution in [3.05, 3.63) is 64.4 Å². The Morgan fingerprint density at radius 2 is 1.67 bits per heavy atom. The third-order valence-electron chi connectivity index (χ3n) is 5.67. The van der Waals surface area contributed by atoms with Gasteiger partial charge in [-0.3, -0.25) is 0 Å². The summed E-state index contributed by atoms with van der Waals surface area (Å²) in [5.74, 6) is 1.72. The second-order valence-electron chi connectivity index (χ2n) is 7.62. The molecule has 30 heavy (non-hydrogen) atoms. The Balaban J connectivity index is 1.49. The molecule has 2 N–H and O–H groups in total. The molecule has 1 saturated heterocycles. The van der Waals surface area contributed by atoms with Crippen LogP contribution in [-0.2, 0) is 0 Å². The third kappa shape index (κ3) is 4.00. The first-order valence-corrected chi connectivity index (χ1v) is 10.4. The molecule has 7 heteroatoms. The number of aromatic nitrogens is 2. The number of nitrogens with zero attached hydrogens (tertiary/aromatic N) is 4. The smallest absolute Gasteiger partial charge is 0.248 e. The van der Waals surface area contributed by atoms with Crippen LogP contribution in [0, 0.1) is 20.8 Å². The van der Waals surface area contributed by atoms with Gasteiger partial charge in [-0.1, -0.05) is 23.7 Å². The van der Waals surface area contributed by atoms with Crippen molar-refractivity contribution in [2.75, 3.05) is 41.7 Å². The minimum Gasteiger partial charge on any atom is -0.437 e. The second kappa shape index (κ2) is 8.40. The van der Waals surface area contributed by atoms with Gasteiger partial charge in [0.15, 0.2) is 5.82 Å². The zero-order valence-corrected chi connectivity index (χ0v) is 18.3. The summed E-state index contributed by atoms with van der Waals surface area (Å²) in [6, 6.07) is 11.9. The standard InChI is InChI=1S/C23H26ClN5O/c1-15-5-4-6-20(17(15)3)28-9-11-29(12-10-28)22-21(25)23(27-14-26-22)30-18-7-8-19(24)16(2)13-18/h4-8,13-14H,9-12,25H2,1-3H3. The fourth-order valence-corrected chi connectivity index (χ4v) is 3.85. The fraction of sp³-hybridized carbons (Fsp3) is 0.304. The van der Waals surface area contributed by atoms with Gasteiger partial charge in [0.05, 0.1) is 0 Å². The highest BCUT2D eigenvalue weighted by atomic mass is 35.5. The molecular formula is C23H26ClN5O. The van der Waals surface area contributed by atoms with Crippen LogP contribution in [0.15, 0.2) is 42.7 Å². The largest absolute Gasteiger partial charge is 0.437 e. The van der Waals surface area contributed by atoms with E-state index in [-0.39, 0.29) is 0 Å². The molecule has 2 heterocycles. The Hall–Kier alpha value is -2.99. The average Bonchev–Trinajstić information content (AvgIpc) is 2.74. The SMILES string of the molecule is Cc1cc(Oc2ncnc(N3CCN(c4cccc(C)c4C)CC3)c2N)ccc1Cl. The van der Waals surface area contributed by atoms with Gasteiger partial charge in [0.2, 0.25) is 5.88 Å². The van der Waals surface area contributed by atoms with E-state index in [1.807, 2.05) is 13.0 Å². The van der Waals surface area contributed by atoms with Gasteiger partial charge < -0.3 is 20.3 Å². The highest BCUT2D eigenvalue weighted by Gasteiger charge is 2.23. The molecule has 2 aromatic carbocycles. The van der Waals surface area contributed by atoms with Crippen molar-refractivity contribution in [1.29, 1.82) is 0 Å². The number of rotatable bonds is 4. The average molecular weight is 424 g/mol. The van der Waals surface area contributed by atoms with Gasteiger partial charge in [-0.15, -0.1) is 0 Å². The first-order valence-electron chi connectivity index (χ1n) is 10.0. The van der Waals surface area contributed by atoms with Crippen molar-refractivity contribution in [2.45, 2.75) is 20.8 Å². The monoisotopic (exact) mass is 423 g/mol. The van der Waals surface area contributed by atoms with Gasteiger partial charge in [-0.05, 0) is 61.7 Å². The summed E-state index contributed by atoms with van der Waals surface area (Å²) in [5.41, 5.74) is 11.7. The number of hydrogen-bond acceptors (Lipinski definition) is 6. The summed E-state index contributed by atoms with van der Waals surface area (Å²) in [6.45, 7) is 9.73. The van der Waals surface area contributed by atoms with E-state index in [0.717, 1.165) is 31.7 Å². The molecule has 0 bridgehead atoms.